The fourth-order valence-electron chi connectivity index (χ4n) is 2.89. The van der Waals surface area contributed by atoms with Gasteiger partial charge in [0.1, 0.15) is 6.10 Å². The number of carbonyl (C=O) groups excluding carboxylic acids is 2. The summed E-state index contributed by atoms with van der Waals surface area (Å²) in [6, 6.07) is 10.3. The highest BCUT2D eigenvalue weighted by Crippen LogP contribution is 2.17. The SMILES string of the molecule is O=C(NCc1nc2ncccc2o1)c1cccc(NC(=O)C2CCCO2)c1. The number of benzene rings is 1. The number of nitrogens with zero attached hydrogens (tertiary/aromatic N) is 2. The van der Waals surface area contributed by atoms with Crippen molar-refractivity contribution < 1.29 is 18.7 Å². The molecule has 138 valence electrons. The van der Waals surface area contributed by atoms with Crippen LogP contribution in [0.3, 0.4) is 0 Å². The van der Waals surface area contributed by atoms with Crippen LogP contribution in [-0.4, -0.2) is 34.5 Å². The maximum atomic E-state index is 12.4. The molecule has 0 aliphatic carbocycles. The zero-order chi connectivity index (χ0) is 18.6. The van der Waals surface area contributed by atoms with Gasteiger partial charge in [0, 0.05) is 24.1 Å². The number of anilines is 1. The van der Waals surface area contributed by atoms with E-state index in [9.17, 15) is 9.59 Å². The molecule has 1 unspecified atom stereocenters. The van der Waals surface area contributed by atoms with E-state index in [-0.39, 0.29) is 18.4 Å². The van der Waals surface area contributed by atoms with Crippen molar-refractivity contribution in [1.82, 2.24) is 15.3 Å². The zero-order valence-electron chi connectivity index (χ0n) is 14.5. The molecule has 1 atom stereocenters. The number of ether oxygens (including phenoxy) is 1. The molecule has 3 heterocycles. The average molecular weight is 366 g/mol. The molecule has 27 heavy (non-hydrogen) atoms. The lowest BCUT2D eigenvalue weighted by Crippen LogP contribution is -2.27. The fraction of sp³-hybridized carbons (Fsp3) is 0.263. The van der Waals surface area contributed by atoms with E-state index < -0.39 is 6.10 Å². The topological polar surface area (TPSA) is 106 Å². The fourth-order valence-corrected chi connectivity index (χ4v) is 2.89. The van der Waals surface area contributed by atoms with Gasteiger partial charge in [-0.3, -0.25) is 9.59 Å². The van der Waals surface area contributed by atoms with Crippen LogP contribution in [0.5, 0.6) is 0 Å². The van der Waals surface area contributed by atoms with Crippen LogP contribution >= 0.6 is 0 Å². The van der Waals surface area contributed by atoms with E-state index in [1.54, 1.807) is 42.6 Å². The van der Waals surface area contributed by atoms with Crippen molar-refractivity contribution in [1.29, 1.82) is 0 Å². The van der Waals surface area contributed by atoms with Gasteiger partial charge in [0.2, 0.25) is 5.89 Å². The van der Waals surface area contributed by atoms with Crippen molar-refractivity contribution in [2.75, 3.05) is 11.9 Å². The third-order valence-electron chi connectivity index (χ3n) is 4.22. The molecular weight excluding hydrogens is 348 g/mol. The third kappa shape index (κ3) is 3.95. The number of aromatic nitrogens is 2. The lowest BCUT2D eigenvalue weighted by molar-refractivity contribution is -0.124. The van der Waals surface area contributed by atoms with Gasteiger partial charge in [-0.2, -0.15) is 4.98 Å². The third-order valence-corrected chi connectivity index (χ3v) is 4.22. The quantitative estimate of drug-likeness (QED) is 0.717. The van der Waals surface area contributed by atoms with Crippen LogP contribution in [0, 0.1) is 0 Å². The van der Waals surface area contributed by atoms with Gasteiger partial charge in [0.25, 0.3) is 11.8 Å². The van der Waals surface area contributed by atoms with Gasteiger partial charge >= 0.3 is 0 Å². The van der Waals surface area contributed by atoms with Gasteiger partial charge in [-0.15, -0.1) is 0 Å². The minimum absolute atomic E-state index is 0.141. The first kappa shape index (κ1) is 17.2. The molecule has 1 fully saturated rings. The Labute approximate surface area is 154 Å². The van der Waals surface area contributed by atoms with Gasteiger partial charge in [-0.1, -0.05) is 6.07 Å². The first-order valence-corrected chi connectivity index (χ1v) is 8.70. The second-order valence-corrected chi connectivity index (χ2v) is 6.19. The summed E-state index contributed by atoms with van der Waals surface area (Å²) in [7, 11) is 0. The normalized spacial score (nSPS) is 16.4. The van der Waals surface area contributed by atoms with Crippen molar-refractivity contribution in [3.05, 3.63) is 54.0 Å². The lowest BCUT2D eigenvalue weighted by atomic mass is 10.1. The molecule has 1 saturated heterocycles. The molecule has 0 radical (unpaired) electrons. The molecule has 0 saturated carbocycles. The molecule has 0 bridgehead atoms. The predicted molar refractivity (Wildman–Crippen MR) is 97.0 cm³/mol. The summed E-state index contributed by atoms with van der Waals surface area (Å²) < 4.78 is 10.9. The van der Waals surface area contributed by atoms with Gasteiger partial charge in [0.15, 0.2) is 11.2 Å². The van der Waals surface area contributed by atoms with E-state index in [1.807, 2.05) is 0 Å². The summed E-state index contributed by atoms with van der Waals surface area (Å²) in [6.07, 6.45) is 2.80. The Kier molecular flexibility index (Phi) is 4.80. The summed E-state index contributed by atoms with van der Waals surface area (Å²) in [5.74, 6) is -0.109. The molecule has 8 heteroatoms. The molecule has 4 rings (SSSR count). The van der Waals surface area contributed by atoms with Crippen molar-refractivity contribution in [2.45, 2.75) is 25.5 Å². The van der Waals surface area contributed by atoms with Crippen LogP contribution in [0.15, 0.2) is 47.0 Å². The van der Waals surface area contributed by atoms with Crippen LogP contribution in [0.1, 0.15) is 29.1 Å². The maximum absolute atomic E-state index is 12.4. The van der Waals surface area contributed by atoms with E-state index >= 15 is 0 Å². The first-order chi connectivity index (χ1) is 13.2. The van der Waals surface area contributed by atoms with Gasteiger partial charge in [0.05, 0.1) is 6.54 Å². The highest BCUT2D eigenvalue weighted by molar-refractivity contribution is 5.98. The van der Waals surface area contributed by atoms with Crippen molar-refractivity contribution >= 4 is 28.7 Å². The van der Waals surface area contributed by atoms with E-state index in [1.165, 1.54) is 0 Å². The summed E-state index contributed by atoms with van der Waals surface area (Å²) in [4.78, 5) is 32.8. The number of hydrogen-bond acceptors (Lipinski definition) is 6. The number of pyridine rings is 1. The molecular formula is C19H18N4O4. The highest BCUT2D eigenvalue weighted by atomic mass is 16.5. The molecule has 2 amide bonds. The van der Waals surface area contributed by atoms with E-state index in [2.05, 4.69) is 20.6 Å². The summed E-state index contributed by atoms with van der Waals surface area (Å²) in [5, 5.41) is 5.54. The molecule has 2 aromatic heterocycles. The Morgan fingerprint density at radius 2 is 2.15 bits per heavy atom. The predicted octanol–water partition coefficient (Wildman–Crippen LogP) is 2.27. The minimum atomic E-state index is -0.421. The van der Waals surface area contributed by atoms with Gasteiger partial charge in [-0.25, -0.2) is 4.98 Å². The molecule has 1 aliphatic rings. The summed E-state index contributed by atoms with van der Waals surface area (Å²) in [5.41, 5.74) is 2.05. The largest absolute Gasteiger partial charge is 0.437 e. The average Bonchev–Trinajstić information content (AvgIpc) is 3.35. The van der Waals surface area contributed by atoms with Crippen LogP contribution in [-0.2, 0) is 16.1 Å². The molecule has 1 aliphatic heterocycles. The molecule has 0 spiro atoms. The van der Waals surface area contributed by atoms with E-state index in [0.29, 0.717) is 41.4 Å². The molecule has 1 aromatic carbocycles. The minimum Gasteiger partial charge on any atom is -0.437 e. The molecule has 3 aromatic rings. The first-order valence-electron chi connectivity index (χ1n) is 8.70. The maximum Gasteiger partial charge on any atom is 0.253 e. The Balaban J connectivity index is 1.38. The summed E-state index contributed by atoms with van der Waals surface area (Å²) >= 11 is 0. The van der Waals surface area contributed by atoms with Crippen LogP contribution in [0.2, 0.25) is 0 Å². The number of rotatable bonds is 5. The van der Waals surface area contributed by atoms with Crippen molar-refractivity contribution in [2.24, 2.45) is 0 Å². The van der Waals surface area contributed by atoms with Crippen LogP contribution in [0.4, 0.5) is 5.69 Å². The molecule has 2 N–H and O–H groups in total. The Bertz CT molecular complexity index is 946. The van der Waals surface area contributed by atoms with Crippen LogP contribution in [0.25, 0.3) is 11.2 Å². The van der Waals surface area contributed by atoms with Gasteiger partial charge in [-0.05, 0) is 43.2 Å². The van der Waals surface area contributed by atoms with Crippen LogP contribution < -0.4 is 10.6 Å². The second-order valence-electron chi connectivity index (χ2n) is 6.19. The standard InChI is InChI=1S/C19H18N4O4/c24-18(21-11-16-23-17-14(27-16)6-2-8-20-17)12-4-1-5-13(10-12)22-19(25)15-7-3-9-26-15/h1-2,4-6,8,10,15H,3,7,9,11H2,(H,21,24)(H,22,25). The Hall–Kier alpha value is -3.26. The number of fused-ring (bicyclic) bond motifs is 1. The summed E-state index contributed by atoms with van der Waals surface area (Å²) in [6.45, 7) is 0.744. The number of amides is 2. The van der Waals surface area contributed by atoms with E-state index in [4.69, 9.17) is 9.15 Å². The smallest absolute Gasteiger partial charge is 0.253 e. The number of oxazole rings is 1. The lowest BCUT2D eigenvalue weighted by Gasteiger charge is -2.11. The second kappa shape index (κ2) is 7.55. The number of hydrogen-bond donors (Lipinski definition) is 2. The molecule has 8 nitrogen and oxygen atoms in total. The van der Waals surface area contributed by atoms with Gasteiger partial charge < -0.3 is 19.8 Å². The monoisotopic (exact) mass is 366 g/mol. The zero-order valence-corrected chi connectivity index (χ0v) is 14.5. The number of nitrogens with one attached hydrogen (secondary N) is 2. The van der Waals surface area contributed by atoms with E-state index in [0.717, 1.165) is 6.42 Å². The van der Waals surface area contributed by atoms with Crippen molar-refractivity contribution in [3.63, 3.8) is 0 Å². The number of carbonyl (C=O) groups is 2. The Morgan fingerprint density at radius 3 is 2.96 bits per heavy atom. The highest BCUT2D eigenvalue weighted by Gasteiger charge is 2.23. The van der Waals surface area contributed by atoms with Crippen molar-refractivity contribution in [3.8, 4) is 0 Å². The Morgan fingerprint density at radius 1 is 1.22 bits per heavy atom.